The van der Waals surface area contributed by atoms with Gasteiger partial charge in [-0.2, -0.15) is 9.97 Å². The Bertz CT molecular complexity index is 394. The molecule has 3 N–H and O–H groups in total. The summed E-state index contributed by atoms with van der Waals surface area (Å²) in [6.45, 7) is 2.40. The predicted molar refractivity (Wildman–Crippen MR) is 72.8 cm³/mol. The molecular formula is C12H21N5O. The minimum Gasteiger partial charge on any atom is -0.379 e. The molecule has 0 aromatic carbocycles. The van der Waals surface area contributed by atoms with E-state index in [0.29, 0.717) is 6.61 Å². The van der Waals surface area contributed by atoms with Gasteiger partial charge in [0.1, 0.15) is 11.6 Å². The molecule has 0 amide bonds. The molecule has 0 unspecified atom stereocenters. The van der Waals surface area contributed by atoms with Gasteiger partial charge >= 0.3 is 0 Å². The van der Waals surface area contributed by atoms with Crippen LogP contribution >= 0.6 is 0 Å². The maximum absolute atomic E-state index is 5.66. The standard InChI is InChI=1S/C12H21N5O/c1-14-10-7-11(16-12(13)15-10)17(2)5-6-18-8-9-3-4-9/h7,9H,3-6,8H2,1-2H3,(H3,13,14,15,16). The van der Waals surface area contributed by atoms with E-state index in [2.05, 4.69) is 15.3 Å². The number of nitrogen functional groups attached to an aromatic ring is 1. The molecule has 6 nitrogen and oxygen atoms in total. The molecule has 1 fully saturated rings. The number of aromatic nitrogens is 2. The number of nitrogens with zero attached hydrogens (tertiary/aromatic N) is 3. The summed E-state index contributed by atoms with van der Waals surface area (Å²) in [5.74, 6) is 2.62. The summed E-state index contributed by atoms with van der Waals surface area (Å²) >= 11 is 0. The van der Waals surface area contributed by atoms with E-state index in [4.69, 9.17) is 10.5 Å². The Morgan fingerprint density at radius 2 is 2.28 bits per heavy atom. The van der Waals surface area contributed by atoms with Gasteiger partial charge in [-0.1, -0.05) is 0 Å². The third-order valence-electron chi connectivity index (χ3n) is 3.00. The van der Waals surface area contributed by atoms with Gasteiger partial charge in [0.05, 0.1) is 6.61 Å². The van der Waals surface area contributed by atoms with E-state index in [1.807, 2.05) is 25.1 Å². The van der Waals surface area contributed by atoms with Crippen LogP contribution in [0.3, 0.4) is 0 Å². The first-order chi connectivity index (χ1) is 8.69. The van der Waals surface area contributed by atoms with Crippen molar-refractivity contribution >= 4 is 17.6 Å². The van der Waals surface area contributed by atoms with E-state index in [1.165, 1.54) is 12.8 Å². The second kappa shape index (κ2) is 5.86. The number of likely N-dealkylation sites (N-methyl/N-ethyl adjacent to an activating group) is 1. The van der Waals surface area contributed by atoms with Gasteiger partial charge in [0.2, 0.25) is 5.95 Å². The zero-order valence-electron chi connectivity index (χ0n) is 11.0. The molecule has 1 aromatic heterocycles. The molecule has 0 atom stereocenters. The van der Waals surface area contributed by atoms with Crippen LogP contribution in [0.15, 0.2) is 6.07 Å². The third-order valence-corrected chi connectivity index (χ3v) is 3.00. The Morgan fingerprint density at radius 1 is 1.50 bits per heavy atom. The number of ether oxygens (including phenoxy) is 1. The number of rotatable bonds is 7. The average Bonchev–Trinajstić information content (AvgIpc) is 3.17. The van der Waals surface area contributed by atoms with Gasteiger partial charge in [0, 0.05) is 33.3 Å². The highest BCUT2D eigenvalue weighted by Gasteiger charge is 2.21. The lowest BCUT2D eigenvalue weighted by atomic mass is 10.4. The Hall–Kier alpha value is -1.56. The quantitative estimate of drug-likeness (QED) is 0.703. The summed E-state index contributed by atoms with van der Waals surface area (Å²) in [7, 11) is 3.78. The zero-order chi connectivity index (χ0) is 13.0. The van der Waals surface area contributed by atoms with Gasteiger partial charge in [-0.15, -0.1) is 0 Å². The van der Waals surface area contributed by atoms with Crippen molar-refractivity contribution in [1.29, 1.82) is 0 Å². The SMILES string of the molecule is CNc1cc(N(C)CCOCC2CC2)nc(N)n1. The minimum atomic E-state index is 0.280. The molecule has 1 saturated carbocycles. The lowest BCUT2D eigenvalue weighted by molar-refractivity contribution is 0.131. The van der Waals surface area contributed by atoms with Crippen molar-refractivity contribution in [3.63, 3.8) is 0 Å². The highest BCUT2D eigenvalue weighted by Crippen LogP contribution is 2.28. The molecule has 0 radical (unpaired) electrons. The van der Waals surface area contributed by atoms with Crippen LogP contribution in [0.5, 0.6) is 0 Å². The number of anilines is 3. The highest BCUT2D eigenvalue weighted by atomic mass is 16.5. The zero-order valence-corrected chi connectivity index (χ0v) is 11.0. The Morgan fingerprint density at radius 3 is 2.94 bits per heavy atom. The van der Waals surface area contributed by atoms with Crippen molar-refractivity contribution in [2.75, 3.05) is 49.8 Å². The first kappa shape index (κ1) is 12.9. The van der Waals surface area contributed by atoms with Gasteiger partial charge in [0.15, 0.2) is 0 Å². The van der Waals surface area contributed by atoms with Crippen LogP contribution < -0.4 is 16.0 Å². The molecule has 1 aromatic rings. The topological polar surface area (TPSA) is 76.3 Å². The lowest BCUT2D eigenvalue weighted by Gasteiger charge is -2.18. The molecule has 6 heteroatoms. The van der Waals surface area contributed by atoms with Crippen molar-refractivity contribution in [2.45, 2.75) is 12.8 Å². The van der Waals surface area contributed by atoms with Crippen LogP contribution in [-0.4, -0.2) is 43.8 Å². The Kier molecular flexibility index (Phi) is 4.19. The molecule has 0 saturated heterocycles. The fourth-order valence-corrected chi connectivity index (χ4v) is 1.63. The third kappa shape index (κ3) is 3.73. The van der Waals surface area contributed by atoms with Crippen LogP contribution in [0.1, 0.15) is 12.8 Å². The van der Waals surface area contributed by atoms with Crippen molar-refractivity contribution < 1.29 is 4.74 Å². The smallest absolute Gasteiger partial charge is 0.223 e. The van der Waals surface area contributed by atoms with Crippen molar-refractivity contribution in [3.05, 3.63) is 6.07 Å². The molecular weight excluding hydrogens is 230 g/mol. The predicted octanol–water partition coefficient (Wildman–Crippen LogP) is 0.963. The summed E-state index contributed by atoms with van der Waals surface area (Å²) in [5, 5.41) is 2.96. The summed E-state index contributed by atoms with van der Waals surface area (Å²) in [6.07, 6.45) is 2.65. The van der Waals surface area contributed by atoms with Crippen LogP contribution in [0.25, 0.3) is 0 Å². The maximum atomic E-state index is 5.66. The highest BCUT2D eigenvalue weighted by molar-refractivity contribution is 5.51. The van der Waals surface area contributed by atoms with Crippen LogP contribution in [0.4, 0.5) is 17.6 Å². The second-order valence-electron chi connectivity index (χ2n) is 4.66. The molecule has 0 bridgehead atoms. The van der Waals surface area contributed by atoms with E-state index in [9.17, 15) is 0 Å². The summed E-state index contributed by atoms with van der Waals surface area (Å²) < 4.78 is 5.60. The first-order valence-corrected chi connectivity index (χ1v) is 6.30. The van der Waals surface area contributed by atoms with Gasteiger partial charge in [-0.05, 0) is 18.8 Å². The van der Waals surface area contributed by atoms with E-state index < -0.39 is 0 Å². The maximum Gasteiger partial charge on any atom is 0.223 e. The van der Waals surface area contributed by atoms with Crippen molar-refractivity contribution in [1.82, 2.24) is 9.97 Å². The van der Waals surface area contributed by atoms with Crippen molar-refractivity contribution in [2.24, 2.45) is 5.92 Å². The van der Waals surface area contributed by atoms with Crippen LogP contribution in [-0.2, 0) is 4.74 Å². The molecule has 1 heterocycles. The fourth-order valence-electron chi connectivity index (χ4n) is 1.63. The van der Waals surface area contributed by atoms with E-state index >= 15 is 0 Å². The Labute approximate surface area is 108 Å². The van der Waals surface area contributed by atoms with E-state index in [-0.39, 0.29) is 5.95 Å². The summed E-state index contributed by atoms with van der Waals surface area (Å²) in [4.78, 5) is 10.3. The number of nitrogens with one attached hydrogen (secondary N) is 1. The normalized spacial score (nSPS) is 14.6. The number of hydrogen-bond acceptors (Lipinski definition) is 6. The molecule has 100 valence electrons. The molecule has 0 aliphatic heterocycles. The monoisotopic (exact) mass is 251 g/mol. The van der Waals surface area contributed by atoms with Gasteiger partial charge < -0.3 is 20.7 Å². The second-order valence-corrected chi connectivity index (χ2v) is 4.66. The van der Waals surface area contributed by atoms with Gasteiger partial charge in [-0.3, -0.25) is 0 Å². The van der Waals surface area contributed by atoms with E-state index in [1.54, 1.807) is 0 Å². The average molecular weight is 251 g/mol. The molecule has 1 aliphatic rings. The minimum absolute atomic E-state index is 0.280. The summed E-state index contributed by atoms with van der Waals surface area (Å²) in [6, 6.07) is 1.87. The fraction of sp³-hybridized carbons (Fsp3) is 0.667. The lowest BCUT2D eigenvalue weighted by Crippen LogP contribution is -2.24. The summed E-state index contributed by atoms with van der Waals surface area (Å²) in [5.41, 5.74) is 5.66. The Balaban J connectivity index is 1.82. The van der Waals surface area contributed by atoms with Crippen molar-refractivity contribution in [3.8, 4) is 0 Å². The molecule has 18 heavy (non-hydrogen) atoms. The van der Waals surface area contributed by atoms with Gasteiger partial charge in [0.25, 0.3) is 0 Å². The number of nitrogens with two attached hydrogens (primary N) is 1. The van der Waals surface area contributed by atoms with Crippen LogP contribution in [0.2, 0.25) is 0 Å². The molecule has 0 spiro atoms. The van der Waals surface area contributed by atoms with Gasteiger partial charge in [-0.25, -0.2) is 0 Å². The largest absolute Gasteiger partial charge is 0.379 e. The molecule has 1 aliphatic carbocycles. The first-order valence-electron chi connectivity index (χ1n) is 6.30. The number of hydrogen-bond donors (Lipinski definition) is 2. The van der Waals surface area contributed by atoms with Crippen LogP contribution in [0, 0.1) is 5.92 Å². The van der Waals surface area contributed by atoms with E-state index in [0.717, 1.165) is 30.7 Å². The molecule has 2 rings (SSSR count).